The molecule has 2 rings (SSSR count). The average molecular weight is 286 g/mol. The van der Waals surface area contributed by atoms with Crippen molar-refractivity contribution >= 4 is 11.6 Å². The van der Waals surface area contributed by atoms with Crippen LogP contribution in [0.25, 0.3) is 0 Å². The second-order valence-corrected chi connectivity index (χ2v) is 4.59. The van der Waals surface area contributed by atoms with Crippen molar-refractivity contribution in [3.63, 3.8) is 0 Å². The van der Waals surface area contributed by atoms with E-state index in [1.54, 1.807) is 24.4 Å². The number of carbonyl (C=O) groups is 1. The summed E-state index contributed by atoms with van der Waals surface area (Å²) < 4.78 is 5.17. The SMILES string of the molecule is COc1ccccc1NC(=O)/C(C#N)=C\N1CCNCC1. The summed E-state index contributed by atoms with van der Waals surface area (Å²) in [6.45, 7) is 3.27. The maximum atomic E-state index is 12.2. The van der Waals surface area contributed by atoms with Gasteiger partial charge in [-0.1, -0.05) is 12.1 Å². The summed E-state index contributed by atoms with van der Waals surface area (Å²) in [6, 6.07) is 9.05. The highest BCUT2D eigenvalue weighted by Crippen LogP contribution is 2.23. The molecule has 0 bridgehead atoms. The highest BCUT2D eigenvalue weighted by Gasteiger charge is 2.14. The lowest BCUT2D eigenvalue weighted by atomic mass is 10.2. The smallest absolute Gasteiger partial charge is 0.267 e. The lowest BCUT2D eigenvalue weighted by Crippen LogP contribution is -2.41. The standard InChI is InChI=1S/C15H18N4O2/c1-21-14-5-3-2-4-13(14)18-15(20)12(10-16)11-19-8-6-17-7-9-19/h2-5,11,17H,6-9H2,1H3,(H,18,20)/b12-11-. The van der Waals surface area contributed by atoms with Crippen molar-refractivity contribution in [2.45, 2.75) is 0 Å². The molecule has 0 aromatic heterocycles. The molecule has 1 fully saturated rings. The van der Waals surface area contributed by atoms with Gasteiger partial charge in [0.1, 0.15) is 17.4 Å². The van der Waals surface area contributed by atoms with Gasteiger partial charge in [-0.25, -0.2) is 0 Å². The molecule has 1 aliphatic rings. The Hall–Kier alpha value is -2.52. The van der Waals surface area contributed by atoms with Gasteiger partial charge in [-0.3, -0.25) is 4.79 Å². The highest BCUT2D eigenvalue weighted by atomic mass is 16.5. The van der Waals surface area contributed by atoms with Crippen LogP contribution < -0.4 is 15.4 Å². The number of piperazine rings is 1. The van der Waals surface area contributed by atoms with Gasteiger partial charge >= 0.3 is 0 Å². The summed E-state index contributed by atoms with van der Waals surface area (Å²) in [6.07, 6.45) is 1.62. The Labute approximate surface area is 124 Å². The molecule has 2 N–H and O–H groups in total. The van der Waals surface area contributed by atoms with Crippen molar-refractivity contribution in [2.75, 3.05) is 38.6 Å². The van der Waals surface area contributed by atoms with Crippen LogP contribution in [0, 0.1) is 11.3 Å². The number of rotatable bonds is 4. The average Bonchev–Trinajstić information content (AvgIpc) is 2.54. The maximum absolute atomic E-state index is 12.2. The number of para-hydroxylation sites is 2. The van der Waals surface area contributed by atoms with Gasteiger partial charge in [0.25, 0.3) is 5.91 Å². The second-order valence-electron chi connectivity index (χ2n) is 4.59. The van der Waals surface area contributed by atoms with Crippen LogP contribution in [0.2, 0.25) is 0 Å². The molecular formula is C15H18N4O2. The minimum Gasteiger partial charge on any atom is -0.495 e. The minimum absolute atomic E-state index is 0.0859. The normalized spacial score (nSPS) is 15.2. The van der Waals surface area contributed by atoms with E-state index in [0.717, 1.165) is 26.2 Å². The lowest BCUT2D eigenvalue weighted by Gasteiger charge is -2.26. The zero-order valence-corrected chi connectivity index (χ0v) is 11.9. The van der Waals surface area contributed by atoms with E-state index in [-0.39, 0.29) is 5.57 Å². The second kappa shape index (κ2) is 7.31. The Balaban J connectivity index is 2.10. The summed E-state index contributed by atoms with van der Waals surface area (Å²) >= 11 is 0. The number of benzene rings is 1. The minimum atomic E-state index is -0.430. The van der Waals surface area contributed by atoms with E-state index < -0.39 is 5.91 Å². The van der Waals surface area contributed by atoms with E-state index in [2.05, 4.69) is 10.6 Å². The molecule has 1 amide bonds. The number of ether oxygens (including phenoxy) is 1. The third kappa shape index (κ3) is 3.97. The number of nitrogens with zero attached hydrogens (tertiary/aromatic N) is 2. The Bertz CT molecular complexity index is 571. The van der Waals surface area contributed by atoms with E-state index in [1.165, 1.54) is 7.11 Å². The molecular weight excluding hydrogens is 268 g/mol. The fraction of sp³-hybridized carbons (Fsp3) is 0.333. The third-order valence-corrected chi connectivity index (χ3v) is 3.18. The summed E-state index contributed by atoms with van der Waals surface area (Å²) in [5, 5.41) is 15.1. The molecule has 1 heterocycles. The molecule has 110 valence electrons. The zero-order chi connectivity index (χ0) is 15.1. The van der Waals surface area contributed by atoms with Gasteiger partial charge in [0.05, 0.1) is 12.8 Å². The molecule has 1 aliphatic heterocycles. The number of nitriles is 1. The Morgan fingerprint density at radius 1 is 1.43 bits per heavy atom. The Morgan fingerprint density at radius 2 is 2.14 bits per heavy atom. The van der Waals surface area contributed by atoms with Crippen molar-refractivity contribution in [3.05, 3.63) is 36.0 Å². The molecule has 0 atom stereocenters. The van der Waals surface area contributed by atoms with Gasteiger partial charge in [0.15, 0.2) is 0 Å². The van der Waals surface area contributed by atoms with E-state index in [1.807, 2.05) is 17.0 Å². The van der Waals surface area contributed by atoms with Crippen LogP contribution >= 0.6 is 0 Å². The fourth-order valence-corrected chi connectivity index (χ4v) is 2.07. The topological polar surface area (TPSA) is 77.4 Å². The first-order valence-corrected chi connectivity index (χ1v) is 6.75. The number of hydrogen-bond acceptors (Lipinski definition) is 5. The highest BCUT2D eigenvalue weighted by molar-refractivity contribution is 6.07. The van der Waals surface area contributed by atoms with Gasteiger partial charge in [0.2, 0.25) is 0 Å². The van der Waals surface area contributed by atoms with Crippen molar-refractivity contribution in [1.82, 2.24) is 10.2 Å². The summed E-state index contributed by atoms with van der Waals surface area (Å²) in [4.78, 5) is 14.2. The number of nitrogens with one attached hydrogen (secondary N) is 2. The predicted molar refractivity (Wildman–Crippen MR) is 79.8 cm³/mol. The molecule has 0 spiro atoms. The first-order valence-electron chi connectivity index (χ1n) is 6.75. The summed E-state index contributed by atoms with van der Waals surface area (Å²) in [5.74, 6) is 0.130. The Morgan fingerprint density at radius 3 is 2.81 bits per heavy atom. The van der Waals surface area contributed by atoms with E-state index >= 15 is 0 Å². The molecule has 1 saturated heterocycles. The molecule has 0 saturated carbocycles. The number of anilines is 1. The van der Waals surface area contributed by atoms with Gasteiger partial charge in [0, 0.05) is 32.4 Å². The van der Waals surface area contributed by atoms with Crippen LogP contribution in [0.4, 0.5) is 5.69 Å². The molecule has 21 heavy (non-hydrogen) atoms. The van der Waals surface area contributed by atoms with Gasteiger partial charge in [-0.15, -0.1) is 0 Å². The third-order valence-electron chi connectivity index (χ3n) is 3.18. The number of methoxy groups -OCH3 is 1. The molecule has 6 nitrogen and oxygen atoms in total. The number of amides is 1. The summed E-state index contributed by atoms with van der Waals surface area (Å²) in [7, 11) is 1.53. The molecule has 1 aromatic rings. The monoisotopic (exact) mass is 286 g/mol. The van der Waals surface area contributed by atoms with E-state index in [4.69, 9.17) is 4.74 Å². The van der Waals surface area contributed by atoms with Crippen molar-refractivity contribution in [1.29, 1.82) is 5.26 Å². The van der Waals surface area contributed by atoms with Crippen LogP contribution in [0.3, 0.4) is 0 Å². The van der Waals surface area contributed by atoms with Crippen LogP contribution in [0.15, 0.2) is 36.0 Å². The van der Waals surface area contributed by atoms with E-state index in [9.17, 15) is 10.1 Å². The molecule has 0 unspecified atom stereocenters. The van der Waals surface area contributed by atoms with E-state index in [0.29, 0.717) is 11.4 Å². The zero-order valence-electron chi connectivity index (χ0n) is 11.9. The molecule has 0 radical (unpaired) electrons. The first-order chi connectivity index (χ1) is 10.2. The van der Waals surface area contributed by atoms with Crippen LogP contribution in [0.1, 0.15) is 0 Å². The van der Waals surface area contributed by atoms with Crippen LogP contribution in [-0.2, 0) is 4.79 Å². The maximum Gasteiger partial charge on any atom is 0.267 e. The quantitative estimate of drug-likeness (QED) is 0.636. The summed E-state index contributed by atoms with van der Waals surface area (Å²) in [5.41, 5.74) is 0.634. The molecule has 6 heteroatoms. The Kier molecular flexibility index (Phi) is 5.18. The predicted octanol–water partition coefficient (Wildman–Crippen LogP) is 0.946. The van der Waals surface area contributed by atoms with Crippen LogP contribution in [-0.4, -0.2) is 44.1 Å². The van der Waals surface area contributed by atoms with Gasteiger partial charge < -0.3 is 20.3 Å². The first kappa shape index (κ1) is 14.9. The fourth-order valence-electron chi connectivity index (χ4n) is 2.07. The van der Waals surface area contributed by atoms with Gasteiger partial charge in [-0.05, 0) is 12.1 Å². The van der Waals surface area contributed by atoms with Crippen LogP contribution in [0.5, 0.6) is 5.75 Å². The van der Waals surface area contributed by atoms with Crippen molar-refractivity contribution < 1.29 is 9.53 Å². The molecule has 1 aromatic carbocycles. The van der Waals surface area contributed by atoms with Gasteiger partial charge in [-0.2, -0.15) is 5.26 Å². The number of carbonyl (C=O) groups excluding carboxylic acids is 1. The lowest BCUT2D eigenvalue weighted by molar-refractivity contribution is -0.112. The largest absolute Gasteiger partial charge is 0.495 e. The molecule has 0 aliphatic carbocycles. The number of hydrogen-bond donors (Lipinski definition) is 2. The van der Waals surface area contributed by atoms with Crippen molar-refractivity contribution in [2.24, 2.45) is 0 Å². The van der Waals surface area contributed by atoms with Crippen molar-refractivity contribution in [3.8, 4) is 11.8 Å².